The lowest BCUT2D eigenvalue weighted by atomic mass is 10.1. The molecule has 1 aliphatic heterocycles. The minimum absolute atomic E-state index is 0.792. The molecule has 2 heteroatoms. The van der Waals surface area contributed by atoms with Gasteiger partial charge in [0.2, 0.25) is 0 Å². The van der Waals surface area contributed by atoms with E-state index in [1.54, 1.807) is 0 Å². The van der Waals surface area contributed by atoms with Gasteiger partial charge in [0.1, 0.15) is 0 Å². The Morgan fingerprint density at radius 2 is 2.31 bits per heavy atom. The van der Waals surface area contributed by atoms with Gasteiger partial charge in [-0.25, -0.2) is 0 Å². The third-order valence-corrected chi connectivity index (χ3v) is 3.55. The number of benzene rings is 1. The zero-order chi connectivity index (χ0) is 11.4. The molecule has 1 fully saturated rings. The van der Waals surface area contributed by atoms with E-state index >= 15 is 0 Å². The summed E-state index contributed by atoms with van der Waals surface area (Å²) in [6, 6.07) is 9.05. The molecule has 2 rings (SSSR count). The maximum Gasteiger partial charge on any atom is 0.0316 e. The molecule has 1 saturated heterocycles. The Kier molecular flexibility index (Phi) is 3.83. The molecule has 0 aromatic heterocycles. The van der Waals surface area contributed by atoms with Crippen molar-refractivity contribution in [1.82, 2.24) is 4.90 Å². The van der Waals surface area contributed by atoms with Crippen molar-refractivity contribution in [3.8, 4) is 0 Å². The molecule has 1 aliphatic rings. The number of nitrogen functional groups attached to an aromatic ring is 1. The number of nitrogens with zero attached hydrogens (tertiary/aromatic N) is 1. The minimum atomic E-state index is 0.792. The number of hydrogen-bond donors (Lipinski definition) is 1. The maximum atomic E-state index is 5.76. The summed E-state index contributed by atoms with van der Waals surface area (Å²) < 4.78 is 0. The fraction of sp³-hybridized carbons (Fsp3) is 0.571. The zero-order valence-corrected chi connectivity index (χ0v) is 10.2. The molecular formula is C14H22N2. The fourth-order valence-electron chi connectivity index (χ4n) is 2.56. The molecule has 0 aliphatic carbocycles. The third-order valence-electron chi connectivity index (χ3n) is 3.55. The molecule has 1 unspecified atom stereocenters. The average Bonchev–Trinajstić information content (AvgIpc) is 2.65. The van der Waals surface area contributed by atoms with Crippen LogP contribution in [-0.4, -0.2) is 24.0 Å². The van der Waals surface area contributed by atoms with Crippen molar-refractivity contribution in [2.45, 2.75) is 38.6 Å². The molecule has 0 spiro atoms. The Hall–Kier alpha value is -1.02. The number of likely N-dealkylation sites (tertiary alicyclic amines) is 1. The highest BCUT2D eigenvalue weighted by atomic mass is 15.2. The predicted molar refractivity (Wildman–Crippen MR) is 69.4 cm³/mol. The van der Waals surface area contributed by atoms with E-state index in [2.05, 4.69) is 24.0 Å². The number of rotatable bonds is 4. The number of aryl methyl sites for hydroxylation is 1. The number of nitrogens with two attached hydrogens (primary N) is 1. The summed E-state index contributed by atoms with van der Waals surface area (Å²) in [5.74, 6) is 0. The molecule has 1 aromatic carbocycles. The smallest absolute Gasteiger partial charge is 0.0316 e. The van der Waals surface area contributed by atoms with Crippen LogP contribution in [0.1, 0.15) is 31.7 Å². The van der Waals surface area contributed by atoms with Crippen molar-refractivity contribution in [3.63, 3.8) is 0 Å². The molecule has 88 valence electrons. The van der Waals surface area contributed by atoms with E-state index in [1.807, 2.05) is 12.1 Å². The van der Waals surface area contributed by atoms with Crippen LogP contribution in [0.5, 0.6) is 0 Å². The Bertz CT molecular complexity index is 335. The van der Waals surface area contributed by atoms with Crippen LogP contribution in [0.25, 0.3) is 0 Å². The van der Waals surface area contributed by atoms with Crippen LogP contribution in [0.2, 0.25) is 0 Å². The molecular weight excluding hydrogens is 196 g/mol. The van der Waals surface area contributed by atoms with Crippen molar-refractivity contribution in [1.29, 1.82) is 0 Å². The monoisotopic (exact) mass is 218 g/mol. The number of hydrogen-bond acceptors (Lipinski definition) is 2. The molecule has 0 amide bonds. The third kappa shape index (κ3) is 2.99. The second kappa shape index (κ2) is 5.35. The topological polar surface area (TPSA) is 29.3 Å². The lowest BCUT2D eigenvalue weighted by Crippen LogP contribution is -2.28. The van der Waals surface area contributed by atoms with Crippen molar-refractivity contribution in [2.75, 3.05) is 18.8 Å². The van der Waals surface area contributed by atoms with Gasteiger partial charge in [-0.3, -0.25) is 0 Å². The van der Waals surface area contributed by atoms with Crippen LogP contribution in [0.3, 0.4) is 0 Å². The van der Waals surface area contributed by atoms with E-state index in [9.17, 15) is 0 Å². The molecule has 2 nitrogen and oxygen atoms in total. The van der Waals surface area contributed by atoms with Gasteiger partial charge < -0.3 is 10.6 Å². The highest BCUT2D eigenvalue weighted by molar-refractivity contribution is 5.40. The minimum Gasteiger partial charge on any atom is -0.399 e. The second-order valence-corrected chi connectivity index (χ2v) is 4.88. The summed E-state index contributed by atoms with van der Waals surface area (Å²) in [6.45, 7) is 4.86. The predicted octanol–water partition coefficient (Wildman–Crippen LogP) is 2.69. The highest BCUT2D eigenvalue weighted by Crippen LogP contribution is 2.17. The van der Waals surface area contributed by atoms with Crippen LogP contribution in [0.4, 0.5) is 5.69 Å². The van der Waals surface area contributed by atoms with Gasteiger partial charge in [0.25, 0.3) is 0 Å². The molecule has 16 heavy (non-hydrogen) atoms. The van der Waals surface area contributed by atoms with Crippen LogP contribution < -0.4 is 5.73 Å². The first-order valence-corrected chi connectivity index (χ1v) is 6.34. The summed E-state index contributed by atoms with van der Waals surface area (Å²) in [5, 5.41) is 0. The van der Waals surface area contributed by atoms with Gasteiger partial charge in [-0.2, -0.15) is 0 Å². The van der Waals surface area contributed by atoms with Gasteiger partial charge in [-0.05, 0) is 63.4 Å². The van der Waals surface area contributed by atoms with E-state index in [1.165, 1.54) is 37.9 Å². The summed E-state index contributed by atoms with van der Waals surface area (Å²) in [5.41, 5.74) is 8.01. The quantitative estimate of drug-likeness (QED) is 0.787. The Balaban J connectivity index is 1.75. The summed E-state index contributed by atoms with van der Waals surface area (Å²) >= 11 is 0. The van der Waals surface area contributed by atoms with Crippen molar-refractivity contribution >= 4 is 5.69 Å². The Labute approximate surface area is 98.4 Å². The molecule has 2 N–H and O–H groups in total. The van der Waals surface area contributed by atoms with Gasteiger partial charge >= 0.3 is 0 Å². The second-order valence-electron chi connectivity index (χ2n) is 4.88. The fourth-order valence-corrected chi connectivity index (χ4v) is 2.56. The van der Waals surface area contributed by atoms with Gasteiger partial charge in [0.05, 0.1) is 0 Å². The number of anilines is 1. The zero-order valence-electron chi connectivity index (χ0n) is 10.2. The molecule has 0 bridgehead atoms. The first-order valence-electron chi connectivity index (χ1n) is 6.34. The van der Waals surface area contributed by atoms with E-state index in [0.717, 1.165) is 18.2 Å². The summed E-state index contributed by atoms with van der Waals surface area (Å²) in [4.78, 5) is 2.60. The summed E-state index contributed by atoms with van der Waals surface area (Å²) in [7, 11) is 0. The van der Waals surface area contributed by atoms with Gasteiger partial charge in [0.15, 0.2) is 0 Å². The SMILES string of the molecule is CC1CCCN1CCCc1cccc(N)c1. The lowest BCUT2D eigenvalue weighted by molar-refractivity contribution is 0.265. The van der Waals surface area contributed by atoms with E-state index in [-0.39, 0.29) is 0 Å². The molecule has 1 heterocycles. The summed E-state index contributed by atoms with van der Waals surface area (Å²) in [6.07, 6.45) is 5.14. The first-order chi connectivity index (χ1) is 7.75. The molecule has 1 atom stereocenters. The van der Waals surface area contributed by atoms with Crippen LogP contribution in [-0.2, 0) is 6.42 Å². The van der Waals surface area contributed by atoms with Gasteiger partial charge in [-0.1, -0.05) is 12.1 Å². The Morgan fingerprint density at radius 3 is 3.00 bits per heavy atom. The highest BCUT2D eigenvalue weighted by Gasteiger charge is 2.18. The normalized spacial score (nSPS) is 21.4. The van der Waals surface area contributed by atoms with Crippen molar-refractivity contribution in [2.24, 2.45) is 0 Å². The molecule has 0 radical (unpaired) electrons. The van der Waals surface area contributed by atoms with E-state index in [4.69, 9.17) is 5.73 Å². The van der Waals surface area contributed by atoms with Crippen LogP contribution in [0, 0.1) is 0 Å². The average molecular weight is 218 g/mol. The molecule has 1 aromatic rings. The van der Waals surface area contributed by atoms with Crippen LogP contribution in [0.15, 0.2) is 24.3 Å². The van der Waals surface area contributed by atoms with Gasteiger partial charge in [0, 0.05) is 11.7 Å². The Morgan fingerprint density at radius 1 is 1.44 bits per heavy atom. The standard InChI is InChI=1S/C14H22N2/c1-12-5-3-9-16(12)10-4-7-13-6-2-8-14(15)11-13/h2,6,8,11-12H,3-5,7,9-10,15H2,1H3. The van der Waals surface area contributed by atoms with E-state index in [0.29, 0.717) is 0 Å². The largest absolute Gasteiger partial charge is 0.399 e. The lowest BCUT2D eigenvalue weighted by Gasteiger charge is -2.20. The van der Waals surface area contributed by atoms with Gasteiger partial charge in [-0.15, -0.1) is 0 Å². The van der Waals surface area contributed by atoms with Crippen LogP contribution >= 0.6 is 0 Å². The van der Waals surface area contributed by atoms with E-state index < -0.39 is 0 Å². The first kappa shape index (κ1) is 11.5. The maximum absolute atomic E-state index is 5.76. The molecule has 0 saturated carbocycles. The van der Waals surface area contributed by atoms with Crippen molar-refractivity contribution < 1.29 is 0 Å². The van der Waals surface area contributed by atoms with Crippen molar-refractivity contribution in [3.05, 3.63) is 29.8 Å².